The van der Waals surface area contributed by atoms with Gasteiger partial charge in [0.25, 0.3) is 0 Å². The number of nitrogens with one attached hydrogen (secondary N) is 1. The summed E-state index contributed by atoms with van der Waals surface area (Å²) in [4.78, 5) is 6.85. The fourth-order valence-corrected chi connectivity index (χ4v) is 3.59. The highest BCUT2D eigenvalue weighted by Gasteiger charge is 2.17. The van der Waals surface area contributed by atoms with E-state index in [1.54, 1.807) is 11.3 Å². The van der Waals surface area contributed by atoms with Crippen LogP contribution >= 0.6 is 11.3 Å². The molecule has 0 saturated carbocycles. The molecule has 96 valence electrons. The van der Waals surface area contributed by atoms with Crippen LogP contribution in [0.15, 0.2) is 5.38 Å². The quantitative estimate of drug-likeness (QED) is 0.895. The molecule has 0 aliphatic carbocycles. The maximum Gasteiger partial charge on any atom is 0.185 e. The van der Waals surface area contributed by atoms with E-state index in [-0.39, 0.29) is 0 Å². The Balaban J connectivity index is 1.91. The molecule has 4 nitrogen and oxygen atoms in total. The maximum absolute atomic E-state index is 11.3. The molecule has 2 rings (SSSR count). The van der Waals surface area contributed by atoms with E-state index in [9.17, 15) is 4.21 Å². The fourth-order valence-electron chi connectivity index (χ4n) is 1.66. The number of hydrogen-bond acceptors (Lipinski definition) is 5. The molecule has 2 heterocycles. The summed E-state index contributed by atoms with van der Waals surface area (Å²) in [6.07, 6.45) is 0. The van der Waals surface area contributed by atoms with Gasteiger partial charge in [-0.05, 0) is 0 Å². The summed E-state index contributed by atoms with van der Waals surface area (Å²) >= 11 is 1.68. The number of thiazole rings is 1. The van der Waals surface area contributed by atoms with E-state index in [1.165, 1.54) is 0 Å². The van der Waals surface area contributed by atoms with Gasteiger partial charge in [0.05, 0.1) is 5.69 Å². The molecule has 1 saturated heterocycles. The second-order valence-electron chi connectivity index (χ2n) is 4.49. The third kappa shape index (κ3) is 3.76. The Morgan fingerprint density at radius 2 is 2.24 bits per heavy atom. The van der Waals surface area contributed by atoms with Crippen LogP contribution in [0.4, 0.5) is 5.13 Å². The Morgan fingerprint density at radius 1 is 1.53 bits per heavy atom. The molecule has 6 heteroatoms. The summed E-state index contributed by atoms with van der Waals surface area (Å²) in [6, 6.07) is 0.484. The Morgan fingerprint density at radius 3 is 2.88 bits per heavy atom. The zero-order chi connectivity index (χ0) is 12.3. The zero-order valence-corrected chi connectivity index (χ0v) is 11.9. The van der Waals surface area contributed by atoms with Gasteiger partial charge in [-0.1, -0.05) is 13.8 Å². The number of rotatable bonds is 4. The average molecular weight is 273 g/mol. The van der Waals surface area contributed by atoms with Gasteiger partial charge in [-0.15, -0.1) is 11.3 Å². The van der Waals surface area contributed by atoms with Crippen LogP contribution in [0.2, 0.25) is 0 Å². The Labute approximate surface area is 109 Å². The molecule has 0 radical (unpaired) electrons. The largest absolute Gasteiger partial charge is 0.346 e. The fraction of sp³-hybridized carbons (Fsp3) is 0.727. The van der Waals surface area contributed by atoms with Gasteiger partial charge in [0.2, 0.25) is 0 Å². The van der Waals surface area contributed by atoms with Gasteiger partial charge in [0.15, 0.2) is 5.13 Å². The van der Waals surface area contributed by atoms with Crippen LogP contribution in [0.25, 0.3) is 0 Å². The molecule has 1 aliphatic rings. The van der Waals surface area contributed by atoms with Gasteiger partial charge in [-0.2, -0.15) is 0 Å². The first-order valence-electron chi connectivity index (χ1n) is 5.93. The van der Waals surface area contributed by atoms with Crippen molar-refractivity contribution >= 4 is 27.3 Å². The summed E-state index contributed by atoms with van der Waals surface area (Å²) in [7, 11) is -0.615. The van der Waals surface area contributed by atoms with Crippen molar-refractivity contribution in [2.24, 2.45) is 0 Å². The highest BCUT2D eigenvalue weighted by molar-refractivity contribution is 7.85. The van der Waals surface area contributed by atoms with Crippen molar-refractivity contribution in [1.82, 2.24) is 10.3 Å². The maximum atomic E-state index is 11.3. The Kier molecular flexibility index (Phi) is 4.53. The van der Waals surface area contributed by atoms with Crippen LogP contribution in [-0.4, -0.2) is 39.8 Å². The lowest BCUT2D eigenvalue weighted by atomic mass is 10.4. The van der Waals surface area contributed by atoms with Crippen molar-refractivity contribution in [1.29, 1.82) is 0 Å². The molecule has 1 fully saturated rings. The van der Waals surface area contributed by atoms with E-state index in [2.05, 4.69) is 34.4 Å². The molecule has 0 atom stereocenters. The molecule has 1 aliphatic heterocycles. The van der Waals surface area contributed by atoms with Gasteiger partial charge in [-0.3, -0.25) is 4.21 Å². The van der Waals surface area contributed by atoms with E-state index in [1.807, 2.05) is 0 Å². The second-order valence-corrected chi connectivity index (χ2v) is 7.02. The molecule has 1 N–H and O–H groups in total. The van der Waals surface area contributed by atoms with E-state index < -0.39 is 10.8 Å². The standard InChI is InChI=1S/C11H19N3OS2/c1-9(2)12-7-10-8-16-11(13-10)14-3-5-17(15)6-4-14/h8-9,12H,3-7H2,1-2H3. The molecule has 17 heavy (non-hydrogen) atoms. The predicted octanol–water partition coefficient (Wildman–Crippen LogP) is 1.21. The Bertz CT molecular complexity index is 382. The van der Waals surface area contributed by atoms with Crippen LogP contribution in [0.5, 0.6) is 0 Å². The third-order valence-electron chi connectivity index (χ3n) is 2.68. The molecular weight excluding hydrogens is 254 g/mol. The number of nitrogens with zero attached hydrogens (tertiary/aromatic N) is 2. The molecule has 0 spiro atoms. The number of hydrogen-bond donors (Lipinski definition) is 1. The van der Waals surface area contributed by atoms with Crippen LogP contribution in [0, 0.1) is 0 Å². The molecular formula is C11H19N3OS2. The molecule has 0 aromatic carbocycles. The van der Waals surface area contributed by atoms with E-state index >= 15 is 0 Å². The second kappa shape index (κ2) is 5.93. The minimum absolute atomic E-state index is 0.484. The smallest absolute Gasteiger partial charge is 0.185 e. The van der Waals surface area contributed by atoms with E-state index in [0.29, 0.717) is 6.04 Å². The first kappa shape index (κ1) is 13.0. The van der Waals surface area contributed by atoms with Crippen molar-refractivity contribution < 1.29 is 4.21 Å². The summed E-state index contributed by atoms with van der Waals surface area (Å²) in [6.45, 7) is 6.84. The van der Waals surface area contributed by atoms with E-state index in [0.717, 1.165) is 42.0 Å². The number of anilines is 1. The Hall–Kier alpha value is -0.460. The van der Waals surface area contributed by atoms with Gasteiger partial charge < -0.3 is 10.2 Å². The van der Waals surface area contributed by atoms with Crippen LogP contribution in [0.1, 0.15) is 19.5 Å². The highest BCUT2D eigenvalue weighted by Crippen LogP contribution is 2.21. The first-order valence-corrected chi connectivity index (χ1v) is 8.29. The lowest BCUT2D eigenvalue weighted by Gasteiger charge is -2.25. The van der Waals surface area contributed by atoms with Crippen molar-refractivity contribution in [2.75, 3.05) is 29.5 Å². The van der Waals surface area contributed by atoms with Gasteiger partial charge in [0.1, 0.15) is 0 Å². The molecule has 0 unspecified atom stereocenters. The average Bonchev–Trinajstić information content (AvgIpc) is 2.76. The summed E-state index contributed by atoms with van der Waals surface area (Å²) in [5.74, 6) is 1.55. The van der Waals surface area contributed by atoms with Gasteiger partial charge in [-0.25, -0.2) is 4.98 Å². The minimum atomic E-state index is -0.615. The topological polar surface area (TPSA) is 45.2 Å². The van der Waals surface area contributed by atoms with Gasteiger partial charge >= 0.3 is 0 Å². The summed E-state index contributed by atoms with van der Waals surface area (Å²) in [5, 5.41) is 6.54. The normalized spacial score (nSPS) is 17.9. The monoisotopic (exact) mass is 273 g/mol. The van der Waals surface area contributed by atoms with Crippen molar-refractivity contribution in [3.63, 3.8) is 0 Å². The van der Waals surface area contributed by atoms with Gasteiger partial charge in [0, 0.05) is 53.4 Å². The lowest BCUT2D eigenvalue weighted by Crippen LogP contribution is -2.37. The first-order chi connectivity index (χ1) is 8.15. The summed E-state index contributed by atoms with van der Waals surface area (Å²) in [5.41, 5.74) is 1.10. The number of aromatic nitrogens is 1. The third-order valence-corrected chi connectivity index (χ3v) is 4.91. The van der Waals surface area contributed by atoms with Crippen LogP contribution in [0.3, 0.4) is 0 Å². The summed E-state index contributed by atoms with van der Waals surface area (Å²) < 4.78 is 11.3. The van der Waals surface area contributed by atoms with Crippen molar-refractivity contribution in [2.45, 2.75) is 26.4 Å². The zero-order valence-electron chi connectivity index (χ0n) is 10.3. The van der Waals surface area contributed by atoms with Crippen molar-refractivity contribution in [3.8, 4) is 0 Å². The van der Waals surface area contributed by atoms with Crippen LogP contribution in [-0.2, 0) is 17.3 Å². The molecule has 0 bridgehead atoms. The molecule has 1 aromatic rings. The molecule has 0 amide bonds. The lowest BCUT2D eigenvalue weighted by molar-refractivity contribution is 0.582. The minimum Gasteiger partial charge on any atom is -0.346 e. The highest BCUT2D eigenvalue weighted by atomic mass is 32.2. The van der Waals surface area contributed by atoms with E-state index in [4.69, 9.17) is 0 Å². The molecule has 1 aromatic heterocycles. The predicted molar refractivity (Wildman–Crippen MR) is 74.2 cm³/mol. The van der Waals surface area contributed by atoms with Crippen LogP contribution < -0.4 is 10.2 Å². The van der Waals surface area contributed by atoms with Crippen molar-refractivity contribution in [3.05, 3.63) is 11.1 Å². The SMILES string of the molecule is CC(C)NCc1csc(N2CCS(=O)CC2)n1.